The van der Waals surface area contributed by atoms with Crippen LogP contribution < -0.4 is 25.4 Å². The first kappa shape index (κ1) is 31.5. The quantitative estimate of drug-likeness (QED) is 0.412. The van der Waals surface area contributed by atoms with Crippen molar-refractivity contribution < 1.29 is 28.2 Å². The van der Waals surface area contributed by atoms with Gasteiger partial charge in [-0.3, -0.25) is 19.3 Å². The summed E-state index contributed by atoms with van der Waals surface area (Å²) in [7, 11) is 1.47. The van der Waals surface area contributed by atoms with E-state index in [0.29, 0.717) is 62.3 Å². The molecule has 2 aliphatic heterocycles. The zero-order valence-electron chi connectivity index (χ0n) is 24.7. The smallest absolute Gasteiger partial charge is 0.251 e. The number of methoxy groups -OCH3 is 1. The van der Waals surface area contributed by atoms with E-state index in [0.717, 1.165) is 5.56 Å². The van der Waals surface area contributed by atoms with Crippen molar-refractivity contribution in [1.29, 1.82) is 0 Å². The number of nitrogens with one attached hydrogen (secondary N) is 3. The van der Waals surface area contributed by atoms with Crippen molar-refractivity contribution in [2.45, 2.75) is 51.7 Å². The maximum atomic E-state index is 15.0. The van der Waals surface area contributed by atoms with Crippen LogP contribution in [-0.2, 0) is 22.7 Å². The second-order valence-corrected chi connectivity index (χ2v) is 10.5. The lowest BCUT2D eigenvalue weighted by atomic mass is 10.1. The lowest BCUT2D eigenvalue weighted by Crippen LogP contribution is -2.46. The molecule has 0 radical (unpaired) electrons. The molecule has 0 saturated carbocycles. The minimum absolute atomic E-state index is 0.0541. The standard InChI is InChI=1S/C33H39FN4O5/c1-3-27-33(41)36-21-24-12-14-28(26(34)19-24)43-30-20-25(13-15-29(30)42-2)32(40)35-16-8-18-38(17-7-11-31(39)37-27)22-23-9-5-4-6-10-23/h4-6,9-10,12-15,19-20,27H,3,7-8,11,16-18,21-22H2,1-2H3,(H,35,40)(H,36,41)(H,37,39)/t27-/m0/s1. The molecule has 2 aliphatic rings. The SMILES string of the molecule is CC[C@@H]1NC(=O)CCCN(Cc2ccccc2)CCCNC(=O)c2ccc(OC)c(c2)Oc2ccc(cc2F)CNC1=O. The van der Waals surface area contributed by atoms with Crippen LogP contribution in [0.15, 0.2) is 66.7 Å². The van der Waals surface area contributed by atoms with E-state index in [4.69, 9.17) is 9.47 Å². The van der Waals surface area contributed by atoms with Gasteiger partial charge >= 0.3 is 0 Å². The van der Waals surface area contributed by atoms with Crippen LogP contribution in [0.25, 0.3) is 0 Å². The van der Waals surface area contributed by atoms with Crippen molar-refractivity contribution in [3.63, 3.8) is 0 Å². The number of benzene rings is 3. The number of amides is 3. The van der Waals surface area contributed by atoms with E-state index in [1.807, 2.05) is 25.1 Å². The maximum absolute atomic E-state index is 15.0. The molecule has 4 bridgehead atoms. The van der Waals surface area contributed by atoms with E-state index >= 15 is 0 Å². The summed E-state index contributed by atoms with van der Waals surface area (Å²) in [6.45, 7) is 4.45. The van der Waals surface area contributed by atoms with Crippen molar-refractivity contribution in [2.24, 2.45) is 0 Å². The number of hydrogen-bond donors (Lipinski definition) is 3. The number of rotatable bonds is 4. The average Bonchev–Trinajstić information content (AvgIpc) is 3.01. The minimum atomic E-state index is -0.690. The van der Waals surface area contributed by atoms with Crippen molar-refractivity contribution in [3.8, 4) is 17.2 Å². The molecule has 3 aromatic carbocycles. The molecule has 0 aromatic heterocycles. The van der Waals surface area contributed by atoms with Gasteiger partial charge in [0.1, 0.15) is 6.04 Å². The van der Waals surface area contributed by atoms with Gasteiger partial charge in [-0.15, -0.1) is 0 Å². The Balaban J connectivity index is 1.54. The molecule has 0 spiro atoms. The minimum Gasteiger partial charge on any atom is -0.493 e. The number of fused-ring (bicyclic) bond motifs is 16. The molecular weight excluding hydrogens is 551 g/mol. The lowest BCUT2D eigenvalue weighted by molar-refractivity contribution is -0.129. The van der Waals surface area contributed by atoms with Crippen LogP contribution in [0, 0.1) is 5.82 Å². The predicted octanol–water partition coefficient (Wildman–Crippen LogP) is 4.55. The van der Waals surface area contributed by atoms with Crippen LogP contribution in [0.3, 0.4) is 0 Å². The molecule has 1 atom stereocenters. The van der Waals surface area contributed by atoms with Gasteiger partial charge in [-0.2, -0.15) is 0 Å². The molecule has 10 heteroatoms. The zero-order chi connectivity index (χ0) is 30.6. The Morgan fingerprint density at radius 1 is 0.953 bits per heavy atom. The van der Waals surface area contributed by atoms with Crippen LogP contribution in [0.2, 0.25) is 0 Å². The van der Waals surface area contributed by atoms with Crippen LogP contribution in [-0.4, -0.2) is 55.4 Å². The Hall–Kier alpha value is -4.44. The van der Waals surface area contributed by atoms with Gasteiger partial charge in [0.25, 0.3) is 5.91 Å². The molecule has 43 heavy (non-hydrogen) atoms. The fourth-order valence-corrected chi connectivity index (χ4v) is 4.87. The fourth-order valence-electron chi connectivity index (χ4n) is 4.87. The largest absolute Gasteiger partial charge is 0.493 e. The third kappa shape index (κ3) is 9.27. The Morgan fingerprint density at radius 2 is 1.74 bits per heavy atom. The van der Waals surface area contributed by atoms with E-state index in [1.165, 1.54) is 25.3 Å². The molecule has 0 fully saturated rings. The van der Waals surface area contributed by atoms with E-state index in [2.05, 4.69) is 33.0 Å². The first-order chi connectivity index (χ1) is 20.9. The Labute approximate surface area is 251 Å². The molecule has 228 valence electrons. The molecule has 0 saturated heterocycles. The molecule has 9 nitrogen and oxygen atoms in total. The number of halogens is 1. The summed E-state index contributed by atoms with van der Waals surface area (Å²) in [5.74, 6) is -0.958. The van der Waals surface area contributed by atoms with Crippen LogP contribution in [0.4, 0.5) is 4.39 Å². The normalized spacial score (nSPS) is 17.7. The van der Waals surface area contributed by atoms with E-state index < -0.39 is 11.9 Å². The number of nitrogens with zero attached hydrogens (tertiary/aromatic N) is 1. The van der Waals surface area contributed by atoms with Gasteiger partial charge in [0.15, 0.2) is 23.1 Å². The summed E-state index contributed by atoms with van der Waals surface area (Å²) in [6.07, 6.45) is 2.01. The van der Waals surface area contributed by atoms with Crippen LogP contribution in [0.5, 0.6) is 17.2 Å². The summed E-state index contributed by atoms with van der Waals surface area (Å²) in [5, 5.41) is 8.56. The number of carbonyl (C=O) groups excluding carboxylic acids is 3. The molecule has 0 unspecified atom stereocenters. The second kappa shape index (κ2) is 15.7. The van der Waals surface area contributed by atoms with Crippen LogP contribution in [0.1, 0.15) is 54.1 Å². The molecule has 0 aliphatic carbocycles. The van der Waals surface area contributed by atoms with Gasteiger partial charge in [-0.05, 0) is 67.3 Å². The van der Waals surface area contributed by atoms with Gasteiger partial charge in [0.05, 0.1) is 7.11 Å². The Bertz CT molecular complexity index is 1400. The van der Waals surface area contributed by atoms with Gasteiger partial charge < -0.3 is 25.4 Å². The second-order valence-electron chi connectivity index (χ2n) is 10.5. The first-order valence-electron chi connectivity index (χ1n) is 14.6. The topological polar surface area (TPSA) is 109 Å². The summed E-state index contributed by atoms with van der Waals surface area (Å²) in [6, 6.07) is 18.5. The number of hydrogen-bond acceptors (Lipinski definition) is 6. The summed E-state index contributed by atoms with van der Waals surface area (Å²) >= 11 is 0. The van der Waals surface area contributed by atoms with E-state index in [9.17, 15) is 18.8 Å². The molecule has 3 aromatic rings. The third-order valence-electron chi connectivity index (χ3n) is 7.23. The van der Waals surface area contributed by atoms with Gasteiger partial charge in [0, 0.05) is 38.2 Å². The molecule has 5 rings (SSSR count). The highest BCUT2D eigenvalue weighted by Gasteiger charge is 2.20. The molecular formula is C33H39FN4O5. The van der Waals surface area contributed by atoms with Crippen molar-refractivity contribution in [3.05, 3.63) is 89.2 Å². The molecule has 3 amide bonds. The van der Waals surface area contributed by atoms with Gasteiger partial charge in [-0.1, -0.05) is 43.3 Å². The van der Waals surface area contributed by atoms with E-state index in [1.54, 1.807) is 18.2 Å². The summed E-state index contributed by atoms with van der Waals surface area (Å²) in [5.41, 5.74) is 2.04. The molecule has 3 N–H and O–H groups in total. The van der Waals surface area contributed by atoms with Crippen LogP contribution >= 0.6 is 0 Å². The third-order valence-corrected chi connectivity index (χ3v) is 7.23. The van der Waals surface area contributed by atoms with Crippen molar-refractivity contribution >= 4 is 17.7 Å². The lowest BCUT2D eigenvalue weighted by Gasteiger charge is -2.23. The van der Waals surface area contributed by atoms with Gasteiger partial charge in [-0.25, -0.2) is 4.39 Å². The summed E-state index contributed by atoms with van der Waals surface area (Å²) in [4.78, 5) is 40.7. The van der Waals surface area contributed by atoms with Gasteiger partial charge in [0.2, 0.25) is 11.8 Å². The predicted molar refractivity (Wildman–Crippen MR) is 161 cm³/mol. The summed E-state index contributed by atoms with van der Waals surface area (Å²) < 4.78 is 26.2. The highest BCUT2D eigenvalue weighted by atomic mass is 19.1. The Morgan fingerprint density at radius 3 is 2.49 bits per heavy atom. The Kier molecular flexibility index (Phi) is 11.5. The zero-order valence-corrected chi connectivity index (χ0v) is 24.7. The highest BCUT2D eigenvalue weighted by molar-refractivity contribution is 5.95. The number of carbonyl (C=O) groups is 3. The highest BCUT2D eigenvalue weighted by Crippen LogP contribution is 2.34. The molecule has 2 heterocycles. The van der Waals surface area contributed by atoms with Crippen molar-refractivity contribution in [1.82, 2.24) is 20.9 Å². The number of ether oxygens (including phenoxy) is 2. The van der Waals surface area contributed by atoms with Crippen molar-refractivity contribution in [2.75, 3.05) is 26.7 Å². The average molecular weight is 591 g/mol. The first-order valence-corrected chi connectivity index (χ1v) is 14.6. The van der Waals surface area contributed by atoms with E-state index in [-0.39, 0.29) is 42.2 Å². The maximum Gasteiger partial charge on any atom is 0.251 e. The monoisotopic (exact) mass is 590 g/mol. The fraction of sp³-hybridized carbons (Fsp3) is 0.364.